The average Bonchev–Trinajstić information content (AvgIpc) is 2.47. The second kappa shape index (κ2) is 6.60. The average molecular weight is 276 g/mol. The second-order valence-corrected chi connectivity index (χ2v) is 4.82. The van der Waals surface area contributed by atoms with Crippen molar-refractivity contribution in [3.8, 4) is 5.75 Å². The van der Waals surface area contributed by atoms with Gasteiger partial charge < -0.3 is 10.1 Å². The topological polar surface area (TPSA) is 21.3 Å². The fraction of sp³-hybridized carbons (Fsp3) is 0.250. The summed E-state index contributed by atoms with van der Waals surface area (Å²) >= 11 is 6.21. The predicted octanol–water partition coefficient (Wildman–Crippen LogP) is 3.85. The van der Waals surface area contributed by atoms with Gasteiger partial charge in [-0.25, -0.2) is 0 Å². The van der Waals surface area contributed by atoms with Crippen LogP contribution in [0.3, 0.4) is 0 Å². The molecule has 0 saturated carbocycles. The molecule has 2 rings (SSSR count). The molecular formula is C16H18ClNO. The number of hydrogen-bond donors (Lipinski definition) is 1. The minimum Gasteiger partial charge on any atom is -0.497 e. The van der Waals surface area contributed by atoms with Gasteiger partial charge in [0.05, 0.1) is 7.11 Å². The van der Waals surface area contributed by atoms with Crippen LogP contribution in [-0.4, -0.2) is 14.2 Å². The third-order valence-corrected chi connectivity index (χ3v) is 3.62. The van der Waals surface area contributed by atoms with E-state index in [0.717, 1.165) is 22.8 Å². The first-order chi connectivity index (χ1) is 9.24. The highest BCUT2D eigenvalue weighted by Crippen LogP contribution is 2.24. The molecule has 0 aliphatic rings. The molecule has 0 fully saturated rings. The smallest absolute Gasteiger partial charge is 0.118 e. The maximum absolute atomic E-state index is 6.21. The zero-order valence-corrected chi connectivity index (χ0v) is 11.9. The van der Waals surface area contributed by atoms with Crippen molar-refractivity contribution in [1.29, 1.82) is 0 Å². The van der Waals surface area contributed by atoms with Gasteiger partial charge in [-0.1, -0.05) is 41.9 Å². The first-order valence-electron chi connectivity index (χ1n) is 6.29. The van der Waals surface area contributed by atoms with Crippen LogP contribution in [0.5, 0.6) is 5.75 Å². The van der Waals surface area contributed by atoms with Gasteiger partial charge in [0.15, 0.2) is 0 Å². The number of likely N-dealkylation sites (N-methyl/N-ethyl adjacent to an activating group) is 1. The molecule has 0 bridgehead atoms. The van der Waals surface area contributed by atoms with Crippen molar-refractivity contribution < 1.29 is 4.74 Å². The van der Waals surface area contributed by atoms with Crippen LogP contribution in [0.4, 0.5) is 0 Å². The summed E-state index contributed by atoms with van der Waals surface area (Å²) in [4.78, 5) is 0. The van der Waals surface area contributed by atoms with Crippen LogP contribution in [0.25, 0.3) is 0 Å². The van der Waals surface area contributed by atoms with E-state index in [1.165, 1.54) is 5.56 Å². The lowest BCUT2D eigenvalue weighted by atomic mass is 9.99. The van der Waals surface area contributed by atoms with Gasteiger partial charge in [0, 0.05) is 11.1 Å². The predicted molar refractivity (Wildman–Crippen MR) is 80.0 cm³/mol. The molecule has 2 aromatic carbocycles. The van der Waals surface area contributed by atoms with Crippen molar-refractivity contribution in [1.82, 2.24) is 5.32 Å². The van der Waals surface area contributed by atoms with E-state index in [2.05, 4.69) is 23.5 Å². The molecule has 1 atom stereocenters. The zero-order chi connectivity index (χ0) is 13.7. The number of ether oxygens (including phenoxy) is 1. The van der Waals surface area contributed by atoms with Crippen LogP contribution < -0.4 is 10.1 Å². The van der Waals surface area contributed by atoms with Crippen molar-refractivity contribution in [2.45, 2.75) is 12.5 Å². The van der Waals surface area contributed by atoms with E-state index >= 15 is 0 Å². The number of halogens is 1. The highest BCUT2D eigenvalue weighted by atomic mass is 35.5. The molecule has 0 amide bonds. The summed E-state index contributed by atoms with van der Waals surface area (Å²) in [6.45, 7) is 0. The van der Waals surface area contributed by atoms with Crippen LogP contribution in [0.1, 0.15) is 17.2 Å². The van der Waals surface area contributed by atoms with Gasteiger partial charge in [0.2, 0.25) is 0 Å². The molecule has 100 valence electrons. The van der Waals surface area contributed by atoms with Crippen LogP contribution in [0, 0.1) is 0 Å². The molecule has 2 nitrogen and oxygen atoms in total. The van der Waals surface area contributed by atoms with Crippen molar-refractivity contribution in [3.05, 3.63) is 64.7 Å². The third-order valence-electron chi connectivity index (χ3n) is 3.25. The van der Waals surface area contributed by atoms with Gasteiger partial charge in [-0.2, -0.15) is 0 Å². The Labute approximate surface area is 119 Å². The number of benzene rings is 2. The fourth-order valence-corrected chi connectivity index (χ4v) is 2.32. The van der Waals surface area contributed by atoms with Gasteiger partial charge in [-0.15, -0.1) is 0 Å². The Kier molecular flexibility index (Phi) is 4.83. The lowest BCUT2D eigenvalue weighted by Crippen LogP contribution is -2.18. The molecule has 0 spiro atoms. The Morgan fingerprint density at radius 3 is 2.37 bits per heavy atom. The Hall–Kier alpha value is -1.51. The summed E-state index contributed by atoms with van der Waals surface area (Å²) in [6, 6.07) is 16.3. The third kappa shape index (κ3) is 3.49. The van der Waals surface area contributed by atoms with Gasteiger partial charge in [0.1, 0.15) is 5.75 Å². The van der Waals surface area contributed by atoms with Crippen LogP contribution in [-0.2, 0) is 6.42 Å². The molecule has 3 heteroatoms. The molecule has 0 saturated heterocycles. The summed E-state index contributed by atoms with van der Waals surface area (Å²) in [6.07, 6.45) is 0.864. The van der Waals surface area contributed by atoms with Crippen LogP contribution in [0.2, 0.25) is 5.02 Å². The van der Waals surface area contributed by atoms with Gasteiger partial charge >= 0.3 is 0 Å². The number of rotatable bonds is 5. The molecule has 2 aromatic rings. The van der Waals surface area contributed by atoms with E-state index in [-0.39, 0.29) is 6.04 Å². The monoisotopic (exact) mass is 275 g/mol. The highest BCUT2D eigenvalue weighted by Gasteiger charge is 2.11. The minimum absolute atomic E-state index is 0.241. The van der Waals surface area contributed by atoms with Gasteiger partial charge in [-0.05, 0) is 42.8 Å². The maximum atomic E-state index is 6.21. The van der Waals surface area contributed by atoms with Crippen molar-refractivity contribution in [3.63, 3.8) is 0 Å². The first kappa shape index (κ1) is 13.9. The van der Waals surface area contributed by atoms with E-state index in [0.29, 0.717) is 0 Å². The van der Waals surface area contributed by atoms with E-state index < -0.39 is 0 Å². The Balaban J connectivity index is 2.17. The largest absolute Gasteiger partial charge is 0.497 e. The number of nitrogens with one attached hydrogen (secondary N) is 1. The maximum Gasteiger partial charge on any atom is 0.118 e. The molecule has 19 heavy (non-hydrogen) atoms. The molecule has 0 radical (unpaired) electrons. The SMILES string of the molecule is CNC(Cc1ccccc1Cl)c1ccc(OC)cc1. The molecule has 0 heterocycles. The normalized spacial score (nSPS) is 12.2. The quantitative estimate of drug-likeness (QED) is 0.895. The van der Waals surface area contributed by atoms with E-state index in [1.54, 1.807) is 7.11 Å². The van der Waals surface area contributed by atoms with Crippen molar-refractivity contribution >= 4 is 11.6 Å². The van der Waals surface area contributed by atoms with Crippen molar-refractivity contribution in [2.75, 3.05) is 14.2 Å². The number of hydrogen-bond acceptors (Lipinski definition) is 2. The minimum atomic E-state index is 0.241. The Morgan fingerprint density at radius 1 is 1.11 bits per heavy atom. The summed E-state index contributed by atoms with van der Waals surface area (Å²) in [5.41, 5.74) is 2.38. The van der Waals surface area contributed by atoms with E-state index in [9.17, 15) is 0 Å². The lowest BCUT2D eigenvalue weighted by molar-refractivity contribution is 0.414. The Bertz CT molecular complexity index is 525. The van der Waals surface area contributed by atoms with Gasteiger partial charge in [-0.3, -0.25) is 0 Å². The lowest BCUT2D eigenvalue weighted by Gasteiger charge is -2.18. The summed E-state index contributed by atoms with van der Waals surface area (Å²) in [5.74, 6) is 0.872. The summed E-state index contributed by atoms with van der Waals surface area (Å²) in [7, 11) is 3.64. The molecular weight excluding hydrogens is 258 g/mol. The molecule has 1 N–H and O–H groups in total. The Morgan fingerprint density at radius 2 is 1.79 bits per heavy atom. The first-order valence-corrected chi connectivity index (χ1v) is 6.67. The zero-order valence-electron chi connectivity index (χ0n) is 11.2. The fourth-order valence-electron chi connectivity index (χ4n) is 2.11. The molecule has 0 aromatic heterocycles. The molecule has 0 aliphatic heterocycles. The van der Waals surface area contributed by atoms with Gasteiger partial charge in [0.25, 0.3) is 0 Å². The summed E-state index contributed by atoms with van der Waals surface area (Å²) < 4.78 is 5.18. The van der Waals surface area contributed by atoms with Crippen LogP contribution >= 0.6 is 11.6 Å². The van der Waals surface area contributed by atoms with Crippen LogP contribution in [0.15, 0.2) is 48.5 Å². The molecule has 0 aliphatic carbocycles. The highest BCUT2D eigenvalue weighted by molar-refractivity contribution is 6.31. The number of methoxy groups -OCH3 is 1. The molecule has 1 unspecified atom stereocenters. The van der Waals surface area contributed by atoms with E-state index in [1.807, 2.05) is 37.4 Å². The second-order valence-electron chi connectivity index (χ2n) is 4.41. The van der Waals surface area contributed by atoms with E-state index in [4.69, 9.17) is 16.3 Å². The summed E-state index contributed by atoms with van der Waals surface area (Å²) in [5, 5.41) is 4.15. The van der Waals surface area contributed by atoms with Crippen molar-refractivity contribution in [2.24, 2.45) is 0 Å². The standard InChI is InChI=1S/C16H18ClNO/c1-18-16(11-13-5-3-4-6-15(13)17)12-7-9-14(19-2)10-8-12/h3-10,16,18H,11H2,1-2H3.